The van der Waals surface area contributed by atoms with Crippen molar-refractivity contribution in [2.45, 2.75) is 26.5 Å². The molecule has 0 aliphatic heterocycles. The van der Waals surface area contributed by atoms with Gasteiger partial charge >= 0.3 is 5.97 Å². The second-order valence-electron chi connectivity index (χ2n) is 4.56. The van der Waals surface area contributed by atoms with Crippen LogP contribution in [0.5, 0.6) is 0 Å². The van der Waals surface area contributed by atoms with Crippen LogP contribution in [0, 0.1) is 0 Å². The van der Waals surface area contributed by atoms with Crippen LogP contribution in [0.25, 0.3) is 0 Å². The summed E-state index contributed by atoms with van der Waals surface area (Å²) in [5.74, 6) is -0.866. The minimum Gasteiger partial charge on any atom is -0.450 e. The fourth-order valence-corrected chi connectivity index (χ4v) is 3.25. The van der Waals surface area contributed by atoms with Crippen molar-refractivity contribution in [2.75, 3.05) is 0 Å². The molecule has 2 rings (SSSR count). The monoisotopic (exact) mass is 337 g/mol. The van der Waals surface area contributed by atoms with Crippen molar-refractivity contribution in [1.82, 2.24) is 5.32 Å². The number of nitrogens with one attached hydrogen (secondary N) is 1. The Morgan fingerprint density at radius 1 is 1.23 bits per heavy atom. The van der Waals surface area contributed by atoms with E-state index in [1.165, 1.54) is 29.6 Å². The molecule has 0 aromatic carbocycles. The van der Waals surface area contributed by atoms with Crippen molar-refractivity contribution >= 4 is 40.3 Å². The summed E-state index contributed by atoms with van der Waals surface area (Å²) in [6.07, 6.45) is -0.845. The van der Waals surface area contributed by atoms with Crippen molar-refractivity contribution in [3.63, 3.8) is 0 Å². The van der Waals surface area contributed by atoms with Gasteiger partial charge in [-0.2, -0.15) is 0 Å². The van der Waals surface area contributed by atoms with E-state index in [0.717, 1.165) is 4.88 Å². The van der Waals surface area contributed by atoms with Gasteiger partial charge in [-0.3, -0.25) is 9.59 Å². The lowest BCUT2D eigenvalue weighted by atomic mass is 10.2. The first-order valence-corrected chi connectivity index (χ1v) is 8.29. The molecule has 116 valence electrons. The van der Waals surface area contributed by atoms with Crippen LogP contribution < -0.4 is 5.32 Å². The lowest BCUT2D eigenvalue weighted by Gasteiger charge is -2.10. The molecule has 0 bridgehead atoms. The zero-order chi connectivity index (χ0) is 16.1. The van der Waals surface area contributed by atoms with Crippen LogP contribution in [0.1, 0.15) is 38.1 Å². The number of ether oxygens (including phenoxy) is 1. The summed E-state index contributed by atoms with van der Waals surface area (Å²) in [5, 5.41) is 4.44. The maximum Gasteiger partial charge on any atom is 0.349 e. The number of Topliss-reactive ketones (excluding diaryl/α,β-unsaturated/α-hetero) is 1. The molecule has 0 saturated heterocycles. The molecule has 0 radical (unpaired) electrons. The number of ketones is 1. The Kier molecular flexibility index (Phi) is 5.46. The summed E-state index contributed by atoms with van der Waals surface area (Å²) >= 11 is 2.55. The summed E-state index contributed by atoms with van der Waals surface area (Å²) in [7, 11) is 0. The van der Waals surface area contributed by atoms with Gasteiger partial charge in [0.1, 0.15) is 4.88 Å². The van der Waals surface area contributed by atoms with E-state index in [2.05, 4.69) is 5.32 Å². The third-order valence-electron chi connectivity index (χ3n) is 2.79. The molecule has 22 heavy (non-hydrogen) atoms. The summed E-state index contributed by atoms with van der Waals surface area (Å²) in [6.45, 7) is 3.38. The van der Waals surface area contributed by atoms with Crippen molar-refractivity contribution in [3.8, 4) is 0 Å². The van der Waals surface area contributed by atoms with Crippen LogP contribution in [0.2, 0.25) is 0 Å². The number of carbonyl (C=O) groups is 3. The largest absolute Gasteiger partial charge is 0.450 e. The lowest BCUT2D eigenvalue weighted by molar-refractivity contribution is -0.119. The molecule has 0 spiro atoms. The normalized spacial score (nSPS) is 11.7. The molecular weight excluding hydrogens is 322 g/mol. The third kappa shape index (κ3) is 4.25. The number of hydrogen-bond donors (Lipinski definition) is 1. The van der Waals surface area contributed by atoms with Crippen molar-refractivity contribution in [3.05, 3.63) is 44.3 Å². The van der Waals surface area contributed by atoms with Gasteiger partial charge < -0.3 is 10.1 Å². The van der Waals surface area contributed by atoms with Crippen LogP contribution in [0.15, 0.2) is 29.6 Å². The van der Waals surface area contributed by atoms with E-state index in [4.69, 9.17) is 4.74 Å². The Bertz CT molecular complexity index is 676. The number of hydrogen-bond acceptors (Lipinski definition) is 6. The van der Waals surface area contributed by atoms with Crippen molar-refractivity contribution < 1.29 is 19.1 Å². The maximum atomic E-state index is 12.3. The van der Waals surface area contributed by atoms with Crippen LogP contribution >= 0.6 is 22.7 Å². The molecule has 2 aromatic heterocycles. The molecular formula is C15H15NO4S2. The topological polar surface area (TPSA) is 72.5 Å². The summed E-state index contributed by atoms with van der Waals surface area (Å²) in [5.41, 5.74) is 0. The Morgan fingerprint density at radius 3 is 2.64 bits per heavy atom. The Hall–Kier alpha value is -1.99. The zero-order valence-electron chi connectivity index (χ0n) is 12.1. The van der Waals surface area contributed by atoms with Gasteiger partial charge in [0, 0.05) is 11.8 Å². The minimum atomic E-state index is -0.845. The Labute approximate surface area is 135 Å². The number of carbonyl (C=O) groups excluding carboxylic acids is 3. The summed E-state index contributed by atoms with van der Waals surface area (Å²) < 4.78 is 5.18. The van der Waals surface area contributed by atoms with Crippen molar-refractivity contribution in [2.24, 2.45) is 0 Å². The molecule has 2 aromatic rings. The second kappa shape index (κ2) is 7.33. The Balaban J connectivity index is 1.95. The summed E-state index contributed by atoms with van der Waals surface area (Å²) in [4.78, 5) is 36.8. The SMILES string of the molecule is CC(=O)NCc1ccc(C(=O)C(C)OC(=O)c2cccs2)s1. The van der Waals surface area contributed by atoms with Gasteiger partial charge in [0.15, 0.2) is 6.10 Å². The number of amides is 1. The Morgan fingerprint density at radius 2 is 2.00 bits per heavy atom. The van der Waals surface area contributed by atoms with Crippen molar-refractivity contribution in [1.29, 1.82) is 0 Å². The van der Waals surface area contributed by atoms with Gasteiger partial charge in [0.2, 0.25) is 11.7 Å². The predicted octanol–water partition coefficient (Wildman–Crippen LogP) is 2.87. The molecule has 1 amide bonds. The van der Waals surface area contributed by atoms with Gasteiger partial charge in [0.05, 0.1) is 11.4 Å². The third-order valence-corrected chi connectivity index (χ3v) is 4.74. The highest BCUT2D eigenvalue weighted by Crippen LogP contribution is 2.20. The fourth-order valence-electron chi connectivity index (χ4n) is 1.68. The maximum absolute atomic E-state index is 12.3. The smallest absolute Gasteiger partial charge is 0.349 e. The van der Waals surface area contributed by atoms with E-state index >= 15 is 0 Å². The average molecular weight is 337 g/mol. The quantitative estimate of drug-likeness (QED) is 0.650. The lowest BCUT2D eigenvalue weighted by Crippen LogP contribution is -2.23. The number of rotatable bonds is 6. The standard InChI is InChI=1S/C15H15NO4S2/c1-9(20-15(19)13-4-3-7-21-13)14(18)12-6-5-11(22-12)8-16-10(2)17/h3-7,9H,8H2,1-2H3,(H,16,17). The molecule has 0 saturated carbocycles. The number of esters is 1. The van der Waals surface area contributed by atoms with E-state index in [-0.39, 0.29) is 11.7 Å². The average Bonchev–Trinajstić information content (AvgIpc) is 3.15. The van der Waals surface area contributed by atoms with E-state index in [0.29, 0.717) is 16.3 Å². The van der Waals surface area contributed by atoms with Gasteiger partial charge in [-0.25, -0.2) is 4.79 Å². The van der Waals surface area contributed by atoms with Gasteiger partial charge in [-0.15, -0.1) is 22.7 Å². The first-order chi connectivity index (χ1) is 10.5. The highest BCUT2D eigenvalue weighted by atomic mass is 32.1. The molecule has 0 fully saturated rings. The molecule has 1 atom stereocenters. The minimum absolute atomic E-state index is 0.125. The van der Waals surface area contributed by atoms with Crippen LogP contribution in [0.4, 0.5) is 0 Å². The van der Waals surface area contributed by atoms with E-state index in [1.807, 2.05) is 0 Å². The van der Waals surface area contributed by atoms with Crippen LogP contribution in [-0.4, -0.2) is 23.8 Å². The van der Waals surface area contributed by atoms with Gasteiger partial charge in [-0.1, -0.05) is 6.07 Å². The molecule has 0 aliphatic carbocycles. The van der Waals surface area contributed by atoms with Crippen LogP contribution in [0.3, 0.4) is 0 Å². The van der Waals surface area contributed by atoms with Gasteiger partial charge in [0.25, 0.3) is 0 Å². The van der Waals surface area contributed by atoms with E-state index in [9.17, 15) is 14.4 Å². The highest BCUT2D eigenvalue weighted by Gasteiger charge is 2.22. The highest BCUT2D eigenvalue weighted by molar-refractivity contribution is 7.14. The van der Waals surface area contributed by atoms with E-state index in [1.54, 1.807) is 36.6 Å². The first-order valence-electron chi connectivity index (χ1n) is 6.59. The van der Waals surface area contributed by atoms with Crippen LogP contribution in [-0.2, 0) is 16.1 Å². The second-order valence-corrected chi connectivity index (χ2v) is 6.68. The zero-order valence-corrected chi connectivity index (χ0v) is 13.8. The first kappa shape index (κ1) is 16.4. The molecule has 0 aliphatic rings. The number of thiophene rings is 2. The molecule has 1 N–H and O–H groups in total. The predicted molar refractivity (Wildman–Crippen MR) is 85.4 cm³/mol. The van der Waals surface area contributed by atoms with E-state index < -0.39 is 12.1 Å². The fraction of sp³-hybridized carbons (Fsp3) is 0.267. The summed E-state index contributed by atoms with van der Waals surface area (Å²) in [6, 6.07) is 6.86. The van der Waals surface area contributed by atoms with Gasteiger partial charge in [-0.05, 0) is 30.5 Å². The molecule has 5 nitrogen and oxygen atoms in total. The molecule has 2 heterocycles. The molecule has 7 heteroatoms. The molecule has 1 unspecified atom stereocenters.